The van der Waals surface area contributed by atoms with E-state index in [4.69, 9.17) is 29.0 Å². The molecule has 1 amide bonds. The van der Waals surface area contributed by atoms with Gasteiger partial charge in [-0.15, -0.1) is 0 Å². The van der Waals surface area contributed by atoms with Crippen LogP contribution in [0.2, 0.25) is 10.0 Å². The molecular weight excluding hydrogens is 301 g/mol. The summed E-state index contributed by atoms with van der Waals surface area (Å²) in [7, 11) is 0. The first-order valence-corrected chi connectivity index (χ1v) is 6.33. The average molecular weight is 312 g/mol. The number of nitrogens with one attached hydrogen (secondary N) is 2. The molecule has 0 bridgehead atoms. The van der Waals surface area contributed by atoms with Crippen molar-refractivity contribution in [3.63, 3.8) is 0 Å². The third kappa shape index (κ3) is 2.98. The number of rotatable bonds is 3. The number of anilines is 2. The molecule has 0 radical (unpaired) electrons. The normalized spacial score (nSPS) is 10.2. The van der Waals surface area contributed by atoms with Crippen LogP contribution in [0.15, 0.2) is 24.5 Å². The maximum atomic E-state index is 12.1. The van der Waals surface area contributed by atoms with Crippen molar-refractivity contribution in [1.29, 1.82) is 0 Å². The maximum absolute atomic E-state index is 12.1. The SMILES string of the molecule is Cc1ccc(Cl)c(NC(=O)c2cncc(NN)n2)c1Cl. The summed E-state index contributed by atoms with van der Waals surface area (Å²) in [6.07, 6.45) is 2.71. The number of nitrogens with zero attached hydrogens (tertiary/aromatic N) is 2. The summed E-state index contributed by atoms with van der Waals surface area (Å²) >= 11 is 12.1. The fourth-order valence-electron chi connectivity index (χ4n) is 1.49. The van der Waals surface area contributed by atoms with Gasteiger partial charge in [-0.25, -0.2) is 10.8 Å². The zero-order valence-electron chi connectivity index (χ0n) is 10.4. The van der Waals surface area contributed by atoms with Crippen LogP contribution in [0.3, 0.4) is 0 Å². The zero-order chi connectivity index (χ0) is 14.7. The second-order valence-corrected chi connectivity index (χ2v) is 4.73. The van der Waals surface area contributed by atoms with E-state index in [0.717, 1.165) is 5.56 Å². The van der Waals surface area contributed by atoms with E-state index in [1.807, 2.05) is 6.92 Å². The molecule has 0 saturated carbocycles. The number of aromatic nitrogens is 2. The summed E-state index contributed by atoms with van der Waals surface area (Å²) in [5.41, 5.74) is 3.54. The Hall–Kier alpha value is -1.89. The second kappa shape index (κ2) is 6.04. The highest BCUT2D eigenvalue weighted by molar-refractivity contribution is 6.40. The minimum absolute atomic E-state index is 0.0917. The smallest absolute Gasteiger partial charge is 0.276 e. The molecule has 104 valence electrons. The van der Waals surface area contributed by atoms with E-state index in [0.29, 0.717) is 15.7 Å². The molecule has 2 aromatic rings. The molecule has 2 rings (SSSR count). The number of nitrogens with two attached hydrogens (primary N) is 1. The van der Waals surface area contributed by atoms with Crippen molar-refractivity contribution in [1.82, 2.24) is 9.97 Å². The van der Waals surface area contributed by atoms with Gasteiger partial charge in [-0.05, 0) is 18.6 Å². The molecule has 8 heteroatoms. The van der Waals surface area contributed by atoms with Crippen LogP contribution < -0.4 is 16.6 Å². The summed E-state index contributed by atoms with van der Waals surface area (Å²) in [6, 6.07) is 3.42. The van der Waals surface area contributed by atoms with Gasteiger partial charge < -0.3 is 10.7 Å². The number of hydrogen-bond acceptors (Lipinski definition) is 5. The summed E-state index contributed by atoms with van der Waals surface area (Å²) in [4.78, 5) is 19.9. The molecule has 20 heavy (non-hydrogen) atoms. The van der Waals surface area contributed by atoms with Crippen molar-refractivity contribution in [2.45, 2.75) is 6.92 Å². The molecule has 1 heterocycles. The third-order valence-electron chi connectivity index (χ3n) is 2.54. The lowest BCUT2D eigenvalue weighted by Gasteiger charge is -2.11. The quantitative estimate of drug-likeness (QED) is 0.598. The summed E-state index contributed by atoms with van der Waals surface area (Å²) in [6.45, 7) is 1.81. The number of halogens is 2. The summed E-state index contributed by atoms with van der Waals surface area (Å²) in [5, 5.41) is 3.34. The monoisotopic (exact) mass is 311 g/mol. The van der Waals surface area contributed by atoms with Crippen molar-refractivity contribution in [3.8, 4) is 0 Å². The van der Waals surface area contributed by atoms with Gasteiger partial charge in [0.2, 0.25) is 0 Å². The highest BCUT2D eigenvalue weighted by Gasteiger charge is 2.14. The fourth-order valence-corrected chi connectivity index (χ4v) is 1.96. The summed E-state index contributed by atoms with van der Waals surface area (Å²) in [5.74, 6) is 5.01. The average Bonchev–Trinajstić information content (AvgIpc) is 2.47. The van der Waals surface area contributed by atoms with Crippen LogP contribution in [-0.4, -0.2) is 15.9 Å². The van der Waals surface area contributed by atoms with Crippen LogP contribution in [-0.2, 0) is 0 Å². The molecule has 6 nitrogen and oxygen atoms in total. The molecule has 1 aromatic heterocycles. The van der Waals surface area contributed by atoms with Crippen LogP contribution in [0.25, 0.3) is 0 Å². The number of carbonyl (C=O) groups excluding carboxylic acids is 1. The molecule has 0 aliphatic carbocycles. The maximum Gasteiger partial charge on any atom is 0.276 e. The molecular formula is C12H11Cl2N5O. The van der Waals surface area contributed by atoms with Crippen LogP contribution in [0.1, 0.15) is 16.1 Å². The van der Waals surface area contributed by atoms with Crippen LogP contribution in [0, 0.1) is 6.92 Å². The van der Waals surface area contributed by atoms with Crippen LogP contribution in [0.4, 0.5) is 11.5 Å². The predicted molar refractivity (Wildman–Crippen MR) is 79.0 cm³/mol. The number of aryl methyl sites for hydroxylation is 1. The van der Waals surface area contributed by atoms with E-state index in [2.05, 4.69) is 20.7 Å². The summed E-state index contributed by atoms with van der Waals surface area (Å²) < 4.78 is 0. The largest absolute Gasteiger partial charge is 0.318 e. The van der Waals surface area contributed by atoms with E-state index in [9.17, 15) is 4.79 Å². The van der Waals surface area contributed by atoms with Gasteiger partial charge in [0.15, 0.2) is 5.82 Å². The Morgan fingerprint density at radius 3 is 2.75 bits per heavy atom. The van der Waals surface area contributed by atoms with Gasteiger partial charge in [0.1, 0.15) is 5.69 Å². The lowest BCUT2D eigenvalue weighted by molar-refractivity contribution is 0.102. The lowest BCUT2D eigenvalue weighted by atomic mass is 10.2. The molecule has 0 aliphatic rings. The number of benzene rings is 1. The topological polar surface area (TPSA) is 92.9 Å². The molecule has 1 aromatic carbocycles. The van der Waals surface area contributed by atoms with E-state index in [-0.39, 0.29) is 11.5 Å². The van der Waals surface area contributed by atoms with E-state index < -0.39 is 5.91 Å². The Bertz CT molecular complexity index is 662. The van der Waals surface area contributed by atoms with Crippen molar-refractivity contribution < 1.29 is 4.79 Å². The van der Waals surface area contributed by atoms with Crippen LogP contribution >= 0.6 is 23.2 Å². The fraction of sp³-hybridized carbons (Fsp3) is 0.0833. The van der Waals surface area contributed by atoms with Gasteiger partial charge in [-0.2, -0.15) is 0 Å². The highest BCUT2D eigenvalue weighted by Crippen LogP contribution is 2.33. The Morgan fingerprint density at radius 2 is 2.05 bits per heavy atom. The Balaban J connectivity index is 2.30. The van der Waals surface area contributed by atoms with Crippen LogP contribution in [0.5, 0.6) is 0 Å². The molecule has 0 aliphatic heterocycles. The first-order valence-electron chi connectivity index (χ1n) is 5.57. The van der Waals surface area contributed by atoms with Gasteiger partial charge in [-0.3, -0.25) is 9.78 Å². The number of hydrogen-bond donors (Lipinski definition) is 3. The number of nitrogen functional groups attached to an aromatic ring is 1. The first-order chi connectivity index (χ1) is 9.52. The second-order valence-electron chi connectivity index (χ2n) is 3.94. The third-order valence-corrected chi connectivity index (χ3v) is 3.34. The van der Waals surface area contributed by atoms with E-state index in [1.54, 1.807) is 12.1 Å². The Labute approximate surface area is 125 Å². The molecule has 0 saturated heterocycles. The molecule has 4 N–H and O–H groups in total. The van der Waals surface area contributed by atoms with Gasteiger partial charge in [0, 0.05) is 0 Å². The first kappa shape index (κ1) is 14.5. The van der Waals surface area contributed by atoms with Crippen molar-refractivity contribution >= 4 is 40.6 Å². The van der Waals surface area contributed by atoms with Crippen molar-refractivity contribution in [2.75, 3.05) is 10.7 Å². The zero-order valence-corrected chi connectivity index (χ0v) is 12.0. The number of amides is 1. The van der Waals surface area contributed by atoms with Gasteiger partial charge >= 0.3 is 0 Å². The van der Waals surface area contributed by atoms with Gasteiger partial charge in [-0.1, -0.05) is 29.3 Å². The number of hydrazine groups is 1. The Morgan fingerprint density at radius 1 is 1.30 bits per heavy atom. The molecule has 0 unspecified atom stereocenters. The lowest BCUT2D eigenvalue weighted by Crippen LogP contribution is -2.17. The van der Waals surface area contributed by atoms with Crippen molar-refractivity contribution in [2.24, 2.45) is 5.84 Å². The molecule has 0 spiro atoms. The highest BCUT2D eigenvalue weighted by atomic mass is 35.5. The van der Waals surface area contributed by atoms with Crippen molar-refractivity contribution in [3.05, 3.63) is 45.8 Å². The predicted octanol–water partition coefficient (Wildman–Crippen LogP) is 2.63. The van der Waals surface area contributed by atoms with E-state index >= 15 is 0 Å². The minimum Gasteiger partial charge on any atom is -0.318 e. The molecule has 0 atom stereocenters. The number of carbonyl (C=O) groups is 1. The van der Waals surface area contributed by atoms with Gasteiger partial charge in [0.25, 0.3) is 5.91 Å². The van der Waals surface area contributed by atoms with Gasteiger partial charge in [0.05, 0.1) is 28.1 Å². The Kier molecular flexibility index (Phi) is 4.39. The minimum atomic E-state index is -0.482. The van der Waals surface area contributed by atoms with E-state index in [1.165, 1.54) is 12.4 Å². The molecule has 0 fully saturated rings. The standard InChI is InChI=1S/C12H11Cl2N5O/c1-6-2-3-7(13)11(10(6)14)18-12(20)8-4-16-5-9(17-8)19-15/h2-5H,15H2,1H3,(H,17,19)(H,18,20).